The molecule has 0 aliphatic heterocycles. The monoisotopic (exact) mass is 342 g/mol. The predicted octanol–water partition coefficient (Wildman–Crippen LogP) is 4.81. The standard InChI is InChI=1S/C19H19ClN2O2/c1-10-11(2)19(24)14(12(3)18(10)23)5-4-6-17-21-15-8-7-13(20)9-16(15)22-17/h4-5,7-9,23-24H,6H2,1-3H3,(H,21,22)/b5-4+. The minimum Gasteiger partial charge on any atom is -0.507 e. The average molecular weight is 343 g/mol. The fourth-order valence-corrected chi connectivity index (χ4v) is 2.94. The van der Waals surface area contributed by atoms with Crippen LogP contribution >= 0.6 is 11.6 Å². The zero-order valence-corrected chi connectivity index (χ0v) is 14.6. The average Bonchev–Trinajstić information content (AvgIpc) is 2.96. The number of phenols is 2. The van der Waals surface area contributed by atoms with Crippen LogP contribution in [-0.4, -0.2) is 20.2 Å². The number of H-pyrrole nitrogens is 1. The molecule has 0 aliphatic rings. The number of benzene rings is 2. The molecule has 4 nitrogen and oxygen atoms in total. The van der Waals surface area contributed by atoms with Gasteiger partial charge < -0.3 is 15.2 Å². The summed E-state index contributed by atoms with van der Waals surface area (Å²) in [6.07, 6.45) is 4.31. The normalized spacial score (nSPS) is 11.7. The van der Waals surface area contributed by atoms with Gasteiger partial charge in [-0.2, -0.15) is 0 Å². The number of aromatic hydroxyl groups is 2. The molecule has 3 N–H and O–H groups in total. The number of hydrogen-bond donors (Lipinski definition) is 3. The van der Waals surface area contributed by atoms with Gasteiger partial charge in [-0.3, -0.25) is 0 Å². The van der Waals surface area contributed by atoms with Crippen molar-refractivity contribution in [2.75, 3.05) is 0 Å². The second-order valence-electron chi connectivity index (χ2n) is 5.94. The summed E-state index contributed by atoms with van der Waals surface area (Å²) in [6.45, 7) is 5.39. The molecule has 1 heterocycles. The van der Waals surface area contributed by atoms with Gasteiger partial charge in [0.2, 0.25) is 0 Å². The molecule has 2 aromatic carbocycles. The molecule has 1 aromatic heterocycles. The SMILES string of the molecule is Cc1c(C)c(O)c(/C=C/Cc2nc3ccc(Cl)cc3[nH]2)c(C)c1O. The van der Waals surface area contributed by atoms with Gasteiger partial charge >= 0.3 is 0 Å². The minimum absolute atomic E-state index is 0.204. The first kappa shape index (κ1) is 16.4. The Balaban J connectivity index is 1.88. The van der Waals surface area contributed by atoms with E-state index in [1.807, 2.05) is 30.4 Å². The number of imidazole rings is 1. The van der Waals surface area contributed by atoms with Gasteiger partial charge in [0.25, 0.3) is 0 Å². The number of phenolic OH excluding ortho intramolecular Hbond substituents is 2. The van der Waals surface area contributed by atoms with Crippen molar-refractivity contribution in [1.82, 2.24) is 9.97 Å². The molecular weight excluding hydrogens is 324 g/mol. The Morgan fingerprint density at radius 1 is 1.08 bits per heavy atom. The van der Waals surface area contributed by atoms with Crippen LogP contribution in [0, 0.1) is 20.8 Å². The second kappa shape index (κ2) is 6.21. The van der Waals surface area contributed by atoms with E-state index >= 15 is 0 Å². The van der Waals surface area contributed by atoms with E-state index in [1.165, 1.54) is 0 Å². The summed E-state index contributed by atoms with van der Waals surface area (Å²) in [6, 6.07) is 5.52. The van der Waals surface area contributed by atoms with Crippen LogP contribution in [-0.2, 0) is 6.42 Å². The minimum atomic E-state index is 0.204. The number of rotatable bonds is 3. The molecule has 24 heavy (non-hydrogen) atoms. The summed E-state index contributed by atoms with van der Waals surface area (Å²) in [7, 11) is 0. The van der Waals surface area contributed by atoms with Gasteiger partial charge in [-0.25, -0.2) is 4.98 Å². The van der Waals surface area contributed by atoms with Crippen LogP contribution in [0.1, 0.15) is 28.1 Å². The van der Waals surface area contributed by atoms with Crippen molar-refractivity contribution in [2.45, 2.75) is 27.2 Å². The van der Waals surface area contributed by atoms with E-state index in [9.17, 15) is 10.2 Å². The third-order valence-corrected chi connectivity index (χ3v) is 4.61. The highest BCUT2D eigenvalue weighted by molar-refractivity contribution is 6.31. The van der Waals surface area contributed by atoms with E-state index in [2.05, 4.69) is 9.97 Å². The van der Waals surface area contributed by atoms with E-state index in [1.54, 1.807) is 20.8 Å². The zero-order valence-electron chi connectivity index (χ0n) is 13.8. The highest BCUT2D eigenvalue weighted by Crippen LogP contribution is 2.36. The molecule has 0 atom stereocenters. The van der Waals surface area contributed by atoms with Gasteiger partial charge in [0, 0.05) is 22.6 Å². The maximum absolute atomic E-state index is 10.3. The highest BCUT2D eigenvalue weighted by Gasteiger charge is 2.14. The smallest absolute Gasteiger partial charge is 0.126 e. The predicted molar refractivity (Wildman–Crippen MR) is 97.8 cm³/mol. The lowest BCUT2D eigenvalue weighted by Crippen LogP contribution is -1.92. The number of aromatic nitrogens is 2. The number of nitrogens with zero attached hydrogens (tertiary/aromatic N) is 1. The lowest BCUT2D eigenvalue weighted by atomic mass is 9.97. The molecule has 0 bridgehead atoms. The summed E-state index contributed by atoms with van der Waals surface area (Å²) in [5, 5.41) is 21.1. The van der Waals surface area contributed by atoms with Crippen LogP contribution in [0.3, 0.4) is 0 Å². The summed E-state index contributed by atoms with van der Waals surface area (Å²) in [5.41, 5.74) is 4.46. The second-order valence-corrected chi connectivity index (χ2v) is 6.37. The van der Waals surface area contributed by atoms with Crippen LogP contribution in [0.2, 0.25) is 5.02 Å². The molecule has 0 amide bonds. The van der Waals surface area contributed by atoms with Gasteiger partial charge in [0.1, 0.15) is 17.3 Å². The summed E-state index contributed by atoms with van der Waals surface area (Å²) < 4.78 is 0. The van der Waals surface area contributed by atoms with Crippen molar-refractivity contribution in [1.29, 1.82) is 0 Å². The number of aromatic amines is 1. The van der Waals surface area contributed by atoms with Gasteiger partial charge in [-0.1, -0.05) is 23.8 Å². The van der Waals surface area contributed by atoms with E-state index in [4.69, 9.17) is 11.6 Å². The highest BCUT2D eigenvalue weighted by atomic mass is 35.5. The van der Waals surface area contributed by atoms with Crippen LogP contribution < -0.4 is 0 Å². The Morgan fingerprint density at radius 3 is 2.54 bits per heavy atom. The molecule has 3 rings (SSSR count). The maximum atomic E-state index is 10.3. The third-order valence-electron chi connectivity index (χ3n) is 4.38. The van der Waals surface area contributed by atoms with Crippen LogP contribution in [0.15, 0.2) is 24.3 Å². The third kappa shape index (κ3) is 2.85. The van der Waals surface area contributed by atoms with E-state index < -0.39 is 0 Å². The summed E-state index contributed by atoms with van der Waals surface area (Å²) in [5.74, 6) is 1.24. The number of hydrogen-bond acceptors (Lipinski definition) is 3. The fraction of sp³-hybridized carbons (Fsp3) is 0.211. The molecule has 124 valence electrons. The Bertz CT molecular complexity index is 929. The molecule has 0 saturated heterocycles. The quantitative estimate of drug-likeness (QED) is 0.598. The van der Waals surface area contributed by atoms with Crippen molar-refractivity contribution in [3.63, 3.8) is 0 Å². The largest absolute Gasteiger partial charge is 0.507 e. The number of halogens is 1. The lowest BCUT2D eigenvalue weighted by molar-refractivity contribution is 0.448. The van der Waals surface area contributed by atoms with Gasteiger partial charge in [0.15, 0.2) is 0 Å². The molecule has 0 fully saturated rings. The Hall–Kier alpha value is -2.46. The molecule has 3 aromatic rings. The Morgan fingerprint density at radius 2 is 1.79 bits per heavy atom. The Kier molecular flexibility index (Phi) is 4.24. The van der Waals surface area contributed by atoms with Crippen molar-refractivity contribution in [3.05, 3.63) is 57.4 Å². The molecule has 5 heteroatoms. The van der Waals surface area contributed by atoms with Crippen molar-refractivity contribution in [3.8, 4) is 11.5 Å². The molecule has 0 unspecified atom stereocenters. The first-order valence-electron chi connectivity index (χ1n) is 7.71. The van der Waals surface area contributed by atoms with Crippen molar-refractivity contribution in [2.24, 2.45) is 0 Å². The van der Waals surface area contributed by atoms with Crippen LogP contribution in [0.4, 0.5) is 0 Å². The van der Waals surface area contributed by atoms with E-state index in [0.717, 1.165) is 16.9 Å². The van der Waals surface area contributed by atoms with Crippen LogP contribution in [0.5, 0.6) is 11.5 Å². The maximum Gasteiger partial charge on any atom is 0.126 e. The first-order valence-corrected chi connectivity index (χ1v) is 8.08. The zero-order chi connectivity index (χ0) is 17.4. The number of fused-ring (bicyclic) bond motifs is 1. The molecular formula is C19H19ClN2O2. The molecule has 0 saturated carbocycles. The molecule has 0 radical (unpaired) electrons. The number of allylic oxidation sites excluding steroid dienone is 1. The van der Waals surface area contributed by atoms with Gasteiger partial charge in [0.05, 0.1) is 11.0 Å². The summed E-state index contributed by atoms with van der Waals surface area (Å²) >= 11 is 5.98. The van der Waals surface area contributed by atoms with Crippen LogP contribution in [0.25, 0.3) is 17.1 Å². The topological polar surface area (TPSA) is 69.1 Å². The Labute approximate surface area is 145 Å². The van der Waals surface area contributed by atoms with Crippen molar-refractivity contribution < 1.29 is 10.2 Å². The van der Waals surface area contributed by atoms with Gasteiger partial charge in [-0.15, -0.1) is 0 Å². The summed E-state index contributed by atoms with van der Waals surface area (Å²) in [4.78, 5) is 7.73. The first-order chi connectivity index (χ1) is 11.4. The lowest BCUT2D eigenvalue weighted by Gasteiger charge is -2.13. The molecule has 0 aliphatic carbocycles. The fourth-order valence-electron chi connectivity index (χ4n) is 2.77. The van der Waals surface area contributed by atoms with Gasteiger partial charge in [-0.05, 0) is 50.1 Å². The number of nitrogens with one attached hydrogen (secondary N) is 1. The molecule has 0 spiro atoms. The van der Waals surface area contributed by atoms with Crippen molar-refractivity contribution >= 4 is 28.7 Å². The van der Waals surface area contributed by atoms with E-state index in [0.29, 0.717) is 33.7 Å². The van der Waals surface area contributed by atoms with E-state index in [-0.39, 0.29) is 11.5 Å².